The lowest BCUT2D eigenvalue weighted by atomic mass is 9.74. The number of aromatic nitrogens is 2. The van der Waals surface area contributed by atoms with E-state index in [4.69, 9.17) is 0 Å². The van der Waals surface area contributed by atoms with Crippen LogP contribution in [-0.4, -0.2) is 26.6 Å². The van der Waals surface area contributed by atoms with Crippen LogP contribution >= 0.6 is 0 Å². The molecule has 0 aliphatic heterocycles. The summed E-state index contributed by atoms with van der Waals surface area (Å²) in [4.78, 5) is 19.2. The van der Waals surface area contributed by atoms with Gasteiger partial charge in [0.2, 0.25) is 0 Å². The third kappa shape index (κ3) is 2.29. The highest BCUT2D eigenvalue weighted by Gasteiger charge is 2.43. The molecule has 88 valence electrons. The van der Waals surface area contributed by atoms with E-state index >= 15 is 0 Å². The standard InChI is InChI=1S/C11H17N3O2/c1-10(2,9(15)16)11(3,4)14-8-7-12-5-6-13-8/h5-7H,1-4H3,(H,13,14)(H,15,16). The predicted octanol–water partition coefficient (Wildman–Crippen LogP) is 1.78. The lowest BCUT2D eigenvalue weighted by Crippen LogP contribution is -2.50. The van der Waals surface area contributed by atoms with E-state index in [1.165, 1.54) is 0 Å². The fraction of sp³-hybridized carbons (Fsp3) is 0.545. The summed E-state index contributed by atoms with van der Waals surface area (Å²) >= 11 is 0. The van der Waals surface area contributed by atoms with E-state index in [0.717, 1.165) is 0 Å². The van der Waals surface area contributed by atoms with Gasteiger partial charge in [-0.05, 0) is 27.7 Å². The largest absolute Gasteiger partial charge is 0.481 e. The van der Waals surface area contributed by atoms with Crippen LogP contribution in [0.15, 0.2) is 18.6 Å². The van der Waals surface area contributed by atoms with Crippen LogP contribution in [-0.2, 0) is 4.79 Å². The van der Waals surface area contributed by atoms with Crippen molar-refractivity contribution < 1.29 is 9.90 Å². The van der Waals surface area contributed by atoms with Crippen molar-refractivity contribution in [1.29, 1.82) is 0 Å². The van der Waals surface area contributed by atoms with Crippen LogP contribution < -0.4 is 5.32 Å². The summed E-state index contributed by atoms with van der Waals surface area (Å²) < 4.78 is 0. The van der Waals surface area contributed by atoms with Crippen molar-refractivity contribution in [3.63, 3.8) is 0 Å². The number of rotatable bonds is 4. The number of carboxylic acid groups (broad SMARTS) is 1. The van der Waals surface area contributed by atoms with Crippen molar-refractivity contribution in [2.75, 3.05) is 5.32 Å². The minimum atomic E-state index is -0.912. The van der Waals surface area contributed by atoms with E-state index in [1.807, 2.05) is 13.8 Å². The number of aliphatic carboxylic acids is 1. The van der Waals surface area contributed by atoms with E-state index in [2.05, 4.69) is 15.3 Å². The molecule has 0 atom stereocenters. The van der Waals surface area contributed by atoms with Gasteiger partial charge in [0.05, 0.1) is 11.6 Å². The van der Waals surface area contributed by atoms with Crippen molar-refractivity contribution in [2.24, 2.45) is 5.41 Å². The fourth-order valence-corrected chi connectivity index (χ4v) is 1.11. The molecule has 5 nitrogen and oxygen atoms in total. The third-order valence-electron chi connectivity index (χ3n) is 3.10. The summed E-state index contributed by atoms with van der Waals surface area (Å²) in [5.41, 5.74) is -1.54. The Labute approximate surface area is 94.9 Å². The lowest BCUT2D eigenvalue weighted by Gasteiger charge is -2.39. The Bertz CT molecular complexity index is 374. The summed E-state index contributed by atoms with van der Waals surface area (Å²) in [5.74, 6) is -0.282. The summed E-state index contributed by atoms with van der Waals surface area (Å²) in [7, 11) is 0. The Balaban J connectivity index is 2.92. The van der Waals surface area contributed by atoms with Crippen molar-refractivity contribution in [2.45, 2.75) is 33.2 Å². The highest BCUT2D eigenvalue weighted by atomic mass is 16.4. The highest BCUT2D eigenvalue weighted by molar-refractivity contribution is 5.76. The van der Waals surface area contributed by atoms with Crippen LogP contribution in [0.5, 0.6) is 0 Å². The zero-order chi connectivity index (χ0) is 12.4. The van der Waals surface area contributed by atoms with Crippen LogP contribution in [0.1, 0.15) is 27.7 Å². The Morgan fingerprint density at radius 2 is 1.94 bits per heavy atom. The number of carboxylic acids is 1. The molecule has 1 aromatic heterocycles. The molecule has 0 unspecified atom stereocenters. The normalized spacial score (nSPS) is 12.2. The van der Waals surface area contributed by atoms with Crippen LogP contribution in [0.3, 0.4) is 0 Å². The molecule has 16 heavy (non-hydrogen) atoms. The van der Waals surface area contributed by atoms with Gasteiger partial charge in [0, 0.05) is 17.9 Å². The van der Waals surface area contributed by atoms with Crippen LogP contribution in [0, 0.1) is 5.41 Å². The van der Waals surface area contributed by atoms with Gasteiger partial charge in [-0.25, -0.2) is 4.98 Å². The first-order valence-electron chi connectivity index (χ1n) is 5.05. The highest BCUT2D eigenvalue weighted by Crippen LogP contribution is 2.33. The van der Waals surface area contributed by atoms with Crippen molar-refractivity contribution in [3.05, 3.63) is 18.6 Å². The van der Waals surface area contributed by atoms with Gasteiger partial charge < -0.3 is 10.4 Å². The van der Waals surface area contributed by atoms with E-state index in [0.29, 0.717) is 5.82 Å². The zero-order valence-corrected chi connectivity index (χ0v) is 9.98. The maximum absolute atomic E-state index is 11.2. The summed E-state index contributed by atoms with van der Waals surface area (Å²) in [6.45, 7) is 7.02. The molecule has 1 aromatic rings. The topological polar surface area (TPSA) is 75.1 Å². The third-order valence-corrected chi connectivity index (χ3v) is 3.10. The smallest absolute Gasteiger partial charge is 0.311 e. The molecule has 5 heteroatoms. The van der Waals surface area contributed by atoms with E-state index in [1.54, 1.807) is 32.4 Å². The lowest BCUT2D eigenvalue weighted by molar-refractivity contribution is -0.149. The number of hydrogen-bond acceptors (Lipinski definition) is 4. The SMILES string of the molecule is CC(C)(Nc1cnccn1)C(C)(C)C(=O)O. The minimum Gasteiger partial charge on any atom is -0.481 e. The number of nitrogens with zero attached hydrogens (tertiary/aromatic N) is 2. The Morgan fingerprint density at radius 3 is 2.38 bits per heavy atom. The molecule has 1 heterocycles. The molecule has 0 aliphatic carbocycles. The molecule has 0 fully saturated rings. The average molecular weight is 223 g/mol. The molecule has 0 aliphatic rings. The number of hydrogen-bond donors (Lipinski definition) is 2. The molecule has 0 saturated heterocycles. The average Bonchev–Trinajstić information content (AvgIpc) is 2.18. The zero-order valence-electron chi connectivity index (χ0n) is 9.98. The van der Waals surface area contributed by atoms with Gasteiger partial charge in [-0.2, -0.15) is 0 Å². The van der Waals surface area contributed by atoms with Crippen LogP contribution in [0.25, 0.3) is 0 Å². The first kappa shape index (κ1) is 12.4. The van der Waals surface area contributed by atoms with E-state index < -0.39 is 16.9 Å². The maximum Gasteiger partial charge on any atom is 0.311 e. The van der Waals surface area contributed by atoms with Gasteiger partial charge in [-0.15, -0.1) is 0 Å². The molecule has 0 bridgehead atoms. The second kappa shape index (κ2) is 4.08. The van der Waals surface area contributed by atoms with Gasteiger partial charge in [0.25, 0.3) is 0 Å². The summed E-state index contributed by atoms with van der Waals surface area (Å²) in [6.07, 6.45) is 4.70. The number of anilines is 1. The van der Waals surface area contributed by atoms with Gasteiger partial charge >= 0.3 is 5.97 Å². The molecule has 2 N–H and O–H groups in total. The van der Waals surface area contributed by atoms with Gasteiger partial charge in [-0.3, -0.25) is 9.78 Å². The molecule has 0 spiro atoms. The maximum atomic E-state index is 11.2. The first-order chi connectivity index (χ1) is 7.27. The van der Waals surface area contributed by atoms with Gasteiger partial charge in [0.1, 0.15) is 5.82 Å². The molecule has 0 amide bonds. The Hall–Kier alpha value is -1.65. The molecular formula is C11H17N3O2. The van der Waals surface area contributed by atoms with Crippen molar-refractivity contribution in [3.8, 4) is 0 Å². The first-order valence-corrected chi connectivity index (χ1v) is 5.05. The summed E-state index contributed by atoms with van der Waals surface area (Å²) in [5, 5.41) is 12.3. The van der Waals surface area contributed by atoms with Crippen LogP contribution in [0.2, 0.25) is 0 Å². The predicted molar refractivity (Wildman–Crippen MR) is 61.2 cm³/mol. The fourth-order valence-electron chi connectivity index (χ4n) is 1.11. The molecule has 0 radical (unpaired) electrons. The van der Waals surface area contributed by atoms with Crippen molar-refractivity contribution in [1.82, 2.24) is 9.97 Å². The monoisotopic (exact) mass is 223 g/mol. The van der Waals surface area contributed by atoms with Gasteiger partial charge in [0.15, 0.2) is 0 Å². The van der Waals surface area contributed by atoms with E-state index in [-0.39, 0.29) is 0 Å². The molecule has 0 saturated carbocycles. The minimum absolute atomic E-state index is 0.571. The quantitative estimate of drug-likeness (QED) is 0.813. The van der Waals surface area contributed by atoms with Crippen molar-refractivity contribution >= 4 is 11.8 Å². The molecule has 0 aromatic carbocycles. The van der Waals surface area contributed by atoms with E-state index in [9.17, 15) is 9.90 Å². The Morgan fingerprint density at radius 1 is 1.31 bits per heavy atom. The Kier molecular flexibility index (Phi) is 3.16. The molecule has 1 rings (SSSR count). The second-order valence-electron chi connectivity index (χ2n) is 4.77. The second-order valence-corrected chi connectivity index (χ2v) is 4.77. The van der Waals surface area contributed by atoms with Crippen LogP contribution in [0.4, 0.5) is 5.82 Å². The molecular weight excluding hydrogens is 206 g/mol. The number of nitrogens with one attached hydrogen (secondary N) is 1. The summed E-state index contributed by atoms with van der Waals surface area (Å²) in [6, 6.07) is 0. The number of carbonyl (C=O) groups is 1. The van der Waals surface area contributed by atoms with Gasteiger partial charge in [-0.1, -0.05) is 0 Å².